The Bertz CT molecular complexity index is 456. The predicted octanol–water partition coefficient (Wildman–Crippen LogP) is 2.47. The van der Waals surface area contributed by atoms with E-state index in [-0.39, 0.29) is 11.9 Å². The Morgan fingerprint density at radius 2 is 2.00 bits per heavy atom. The Morgan fingerprint density at radius 3 is 2.65 bits per heavy atom. The number of hydrogen-bond acceptors (Lipinski definition) is 3. The molecule has 0 aliphatic heterocycles. The zero-order valence-corrected chi connectivity index (χ0v) is 9.60. The summed E-state index contributed by atoms with van der Waals surface area (Å²) < 4.78 is 12.8. The van der Waals surface area contributed by atoms with Crippen molar-refractivity contribution < 1.29 is 4.39 Å². The summed E-state index contributed by atoms with van der Waals surface area (Å²) in [5.41, 5.74) is 1.94. The van der Waals surface area contributed by atoms with Crippen molar-refractivity contribution in [1.29, 1.82) is 0 Å². The highest BCUT2D eigenvalue weighted by Gasteiger charge is 2.05. The molecule has 1 N–H and O–H groups in total. The number of halogens is 1. The molecule has 0 spiro atoms. The minimum absolute atomic E-state index is 0.151. The highest BCUT2D eigenvalue weighted by molar-refractivity contribution is 5.19. The van der Waals surface area contributed by atoms with Crippen LogP contribution in [0.2, 0.25) is 0 Å². The average Bonchev–Trinajstić information content (AvgIpc) is 2.38. The van der Waals surface area contributed by atoms with Crippen LogP contribution in [0.5, 0.6) is 0 Å². The van der Waals surface area contributed by atoms with Crippen molar-refractivity contribution in [2.45, 2.75) is 19.5 Å². The van der Waals surface area contributed by atoms with Gasteiger partial charge in [-0.2, -0.15) is 0 Å². The highest BCUT2D eigenvalue weighted by atomic mass is 19.1. The standard InChI is InChI=1S/C13H14FN3/c1-10(11-2-4-12(14)5-3-11)17-9-13-8-15-6-7-16-13/h2-8,10,17H,9H2,1H3/t10-/m0/s1. The van der Waals surface area contributed by atoms with Gasteiger partial charge in [-0.05, 0) is 24.6 Å². The van der Waals surface area contributed by atoms with Gasteiger partial charge in [0.25, 0.3) is 0 Å². The maximum atomic E-state index is 12.8. The van der Waals surface area contributed by atoms with Crippen LogP contribution in [0.15, 0.2) is 42.9 Å². The molecule has 2 rings (SSSR count). The van der Waals surface area contributed by atoms with Gasteiger partial charge in [0.05, 0.1) is 5.69 Å². The molecule has 17 heavy (non-hydrogen) atoms. The second kappa shape index (κ2) is 5.50. The fourth-order valence-electron chi connectivity index (χ4n) is 1.55. The summed E-state index contributed by atoms with van der Waals surface area (Å²) in [6, 6.07) is 6.65. The number of nitrogens with zero attached hydrogens (tertiary/aromatic N) is 2. The summed E-state index contributed by atoms with van der Waals surface area (Å²) in [6.45, 7) is 2.68. The minimum Gasteiger partial charge on any atom is -0.305 e. The van der Waals surface area contributed by atoms with Crippen molar-refractivity contribution in [2.75, 3.05) is 0 Å². The third kappa shape index (κ3) is 3.32. The van der Waals surface area contributed by atoms with Crippen molar-refractivity contribution in [3.8, 4) is 0 Å². The molecule has 0 radical (unpaired) electrons. The van der Waals surface area contributed by atoms with E-state index in [1.807, 2.05) is 6.92 Å². The summed E-state index contributed by atoms with van der Waals surface area (Å²) in [4.78, 5) is 8.17. The molecule has 1 aromatic carbocycles. The van der Waals surface area contributed by atoms with E-state index >= 15 is 0 Å². The van der Waals surface area contributed by atoms with Gasteiger partial charge < -0.3 is 5.32 Å². The molecule has 0 aliphatic rings. The van der Waals surface area contributed by atoms with Crippen LogP contribution < -0.4 is 5.32 Å². The number of hydrogen-bond donors (Lipinski definition) is 1. The van der Waals surface area contributed by atoms with Gasteiger partial charge in [0.15, 0.2) is 0 Å². The molecule has 0 saturated carbocycles. The maximum Gasteiger partial charge on any atom is 0.123 e. The molecule has 0 fully saturated rings. The van der Waals surface area contributed by atoms with Crippen molar-refractivity contribution in [3.63, 3.8) is 0 Å². The Balaban J connectivity index is 1.93. The second-order valence-corrected chi connectivity index (χ2v) is 3.85. The third-order valence-electron chi connectivity index (χ3n) is 2.58. The SMILES string of the molecule is C[C@H](NCc1cnccn1)c1ccc(F)cc1. The maximum absolute atomic E-state index is 12.8. The van der Waals surface area contributed by atoms with E-state index in [4.69, 9.17) is 0 Å². The normalized spacial score (nSPS) is 12.4. The molecule has 3 nitrogen and oxygen atoms in total. The van der Waals surface area contributed by atoms with Crippen LogP contribution in [0, 0.1) is 5.82 Å². The fraction of sp³-hybridized carbons (Fsp3) is 0.231. The molecule has 0 saturated heterocycles. The first-order valence-electron chi connectivity index (χ1n) is 5.49. The third-order valence-corrected chi connectivity index (χ3v) is 2.58. The number of rotatable bonds is 4. The number of nitrogens with one attached hydrogen (secondary N) is 1. The molecule has 0 amide bonds. The molecule has 88 valence electrons. The van der Waals surface area contributed by atoms with Gasteiger partial charge in [-0.3, -0.25) is 9.97 Å². The van der Waals surface area contributed by atoms with Crippen LogP contribution in [-0.2, 0) is 6.54 Å². The van der Waals surface area contributed by atoms with Gasteiger partial charge in [0.2, 0.25) is 0 Å². The van der Waals surface area contributed by atoms with Gasteiger partial charge in [-0.15, -0.1) is 0 Å². The Kier molecular flexibility index (Phi) is 3.77. The van der Waals surface area contributed by atoms with E-state index in [1.54, 1.807) is 30.7 Å². The van der Waals surface area contributed by atoms with E-state index in [0.717, 1.165) is 11.3 Å². The van der Waals surface area contributed by atoms with Gasteiger partial charge in [-0.1, -0.05) is 12.1 Å². The topological polar surface area (TPSA) is 37.8 Å². The lowest BCUT2D eigenvalue weighted by Crippen LogP contribution is -2.18. The zero-order chi connectivity index (χ0) is 12.1. The highest BCUT2D eigenvalue weighted by Crippen LogP contribution is 2.13. The van der Waals surface area contributed by atoms with Crippen LogP contribution in [-0.4, -0.2) is 9.97 Å². The van der Waals surface area contributed by atoms with Crippen LogP contribution in [0.25, 0.3) is 0 Å². The molecule has 2 aromatic rings. The van der Waals surface area contributed by atoms with Crippen molar-refractivity contribution >= 4 is 0 Å². The monoisotopic (exact) mass is 231 g/mol. The first-order valence-corrected chi connectivity index (χ1v) is 5.49. The largest absolute Gasteiger partial charge is 0.305 e. The van der Waals surface area contributed by atoms with E-state index in [0.29, 0.717) is 6.54 Å². The van der Waals surface area contributed by atoms with Gasteiger partial charge in [0.1, 0.15) is 5.82 Å². The lowest BCUT2D eigenvalue weighted by molar-refractivity contribution is 0.563. The van der Waals surface area contributed by atoms with E-state index in [1.165, 1.54) is 12.1 Å². The number of aromatic nitrogens is 2. The van der Waals surface area contributed by atoms with Crippen molar-refractivity contribution in [1.82, 2.24) is 15.3 Å². The molecule has 1 heterocycles. The summed E-state index contributed by atoms with van der Waals surface area (Å²) in [5.74, 6) is -0.213. The quantitative estimate of drug-likeness (QED) is 0.878. The smallest absolute Gasteiger partial charge is 0.123 e. The molecule has 4 heteroatoms. The Morgan fingerprint density at radius 1 is 1.24 bits per heavy atom. The van der Waals surface area contributed by atoms with Crippen LogP contribution in [0.4, 0.5) is 4.39 Å². The Hall–Kier alpha value is -1.81. The molecular formula is C13H14FN3. The van der Waals surface area contributed by atoms with E-state index in [2.05, 4.69) is 15.3 Å². The first-order chi connectivity index (χ1) is 8.25. The van der Waals surface area contributed by atoms with Gasteiger partial charge >= 0.3 is 0 Å². The van der Waals surface area contributed by atoms with Crippen LogP contribution >= 0.6 is 0 Å². The average molecular weight is 231 g/mol. The fourth-order valence-corrected chi connectivity index (χ4v) is 1.55. The molecule has 0 unspecified atom stereocenters. The van der Waals surface area contributed by atoms with E-state index in [9.17, 15) is 4.39 Å². The van der Waals surface area contributed by atoms with Crippen molar-refractivity contribution in [3.05, 3.63) is 59.9 Å². The summed E-state index contributed by atoms with van der Waals surface area (Å²) in [5, 5.41) is 3.31. The second-order valence-electron chi connectivity index (χ2n) is 3.85. The van der Waals surface area contributed by atoms with Crippen molar-refractivity contribution in [2.24, 2.45) is 0 Å². The van der Waals surface area contributed by atoms with E-state index < -0.39 is 0 Å². The Labute approximate surface area is 99.7 Å². The lowest BCUT2D eigenvalue weighted by Gasteiger charge is -2.13. The first kappa shape index (κ1) is 11.7. The molecule has 0 aliphatic carbocycles. The number of benzene rings is 1. The lowest BCUT2D eigenvalue weighted by atomic mass is 10.1. The molecule has 1 atom stereocenters. The molecule has 0 bridgehead atoms. The summed E-state index contributed by atoms with van der Waals surface area (Å²) in [7, 11) is 0. The predicted molar refractivity (Wildman–Crippen MR) is 63.7 cm³/mol. The summed E-state index contributed by atoms with van der Waals surface area (Å²) in [6.07, 6.45) is 5.04. The van der Waals surface area contributed by atoms with Gasteiger partial charge in [-0.25, -0.2) is 4.39 Å². The van der Waals surface area contributed by atoms with Gasteiger partial charge in [0, 0.05) is 31.2 Å². The molecular weight excluding hydrogens is 217 g/mol. The van der Waals surface area contributed by atoms with Crippen LogP contribution in [0.3, 0.4) is 0 Å². The summed E-state index contributed by atoms with van der Waals surface area (Å²) >= 11 is 0. The molecule has 1 aromatic heterocycles. The zero-order valence-electron chi connectivity index (χ0n) is 9.60. The van der Waals surface area contributed by atoms with Crippen LogP contribution in [0.1, 0.15) is 24.2 Å². The minimum atomic E-state index is -0.213.